The van der Waals surface area contributed by atoms with Gasteiger partial charge >= 0.3 is 0 Å². The van der Waals surface area contributed by atoms with Crippen LogP contribution in [0.3, 0.4) is 0 Å². The summed E-state index contributed by atoms with van der Waals surface area (Å²) in [6, 6.07) is 14.2. The Bertz CT molecular complexity index is 1070. The van der Waals surface area contributed by atoms with E-state index in [9.17, 15) is 18.3 Å². The predicted molar refractivity (Wildman–Crippen MR) is 110 cm³/mol. The lowest BCUT2D eigenvalue weighted by Gasteiger charge is -2.28. The average molecular weight is 410 g/mol. The summed E-state index contributed by atoms with van der Waals surface area (Å²) in [4.78, 5) is 0. The SMILES string of the molecule is C=CC1CCC(c2ccc(-c3ccc(-c4ccc(O)c(F)c4F)cc3)cc2F)OC1. The van der Waals surface area contributed by atoms with E-state index in [2.05, 4.69) is 6.58 Å². The Balaban J connectivity index is 1.56. The minimum atomic E-state index is -1.28. The van der Waals surface area contributed by atoms with Crippen molar-refractivity contribution in [3.8, 4) is 28.0 Å². The van der Waals surface area contributed by atoms with Gasteiger partial charge in [0.05, 0.1) is 12.7 Å². The number of rotatable bonds is 4. The normalized spacial score (nSPS) is 18.9. The van der Waals surface area contributed by atoms with Crippen molar-refractivity contribution in [2.75, 3.05) is 6.61 Å². The van der Waals surface area contributed by atoms with Gasteiger partial charge in [0.25, 0.3) is 0 Å². The molecule has 0 aromatic heterocycles. The van der Waals surface area contributed by atoms with Crippen LogP contribution in [0, 0.1) is 23.4 Å². The van der Waals surface area contributed by atoms with E-state index in [4.69, 9.17) is 4.74 Å². The highest BCUT2D eigenvalue weighted by molar-refractivity contribution is 5.71. The highest BCUT2D eigenvalue weighted by Crippen LogP contribution is 2.35. The number of hydrogen-bond donors (Lipinski definition) is 1. The van der Waals surface area contributed by atoms with Crippen LogP contribution in [0.5, 0.6) is 5.75 Å². The molecule has 0 aliphatic carbocycles. The molecular weight excluding hydrogens is 389 g/mol. The summed E-state index contributed by atoms with van der Waals surface area (Å²) in [5.74, 6) is -3.13. The summed E-state index contributed by atoms with van der Waals surface area (Å²) in [6.07, 6.45) is 3.28. The van der Waals surface area contributed by atoms with Crippen LogP contribution in [0.1, 0.15) is 24.5 Å². The molecule has 5 heteroatoms. The average Bonchev–Trinajstić information content (AvgIpc) is 2.78. The van der Waals surface area contributed by atoms with E-state index in [1.807, 2.05) is 12.1 Å². The molecule has 0 spiro atoms. The fraction of sp³-hybridized carbons (Fsp3) is 0.200. The first kappa shape index (κ1) is 20.2. The van der Waals surface area contributed by atoms with Gasteiger partial charge in [0.15, 0.2) is 11.6 Å². The Morgan fingerprint density at radius 1 is 0.867 bits per heavy atom. The molecule has 2 atom stereocenters. The van der Waals surface area contributed by atoms with E-state index in [0.717, 1.165) is 24.5 Å². The van der Waals surface area contributed by atoms with Crippen molar-refractivity contribution in [1.29, 1.82) is 0 Å². The Kier molecular flexibility index (Phi) is 5.64. The van der Waals surface area contributed by atoms with Crippen LogP contribution in [-0.2, 0) is 4.74 Å². The third-order valence-corrected chi connectivity index (χ3v) is 5.58. The van der Waals surface area contributed by atoms with Crippen molar-refractivity contribution >= 4 is 0 Å². The fourth-order valence-electron chi connectivity index (χ4n) is 3.78. The third kappa shape index (κ3) is 3.85. The van der Waals surface area contributed by atoms with Gasteiger partial charge in [-0.25, -0.2) is 8.78 Å². The van der Waals surface area contributed by atoms with Gasteiger partial charge in [-0.3, -0.25) is 0 Å². The first-order chi connectivity index (χ1) is 14.5. The molecule has 2 nitrogen and oxygen atoms in total. The van der Waals surface area contributed by atoms with Crippen molar-refractivity contribution in [1.82, 2.24) is 0 Å². The van der Waals surface area contributed by atoms with Crippen LogP contribution in [0.15, 0.2) is 67.3 Å². The van der Waals surface area contributed by atoms with E-state index in [1.54, 1.807) is 30.3 Å². The van der Waals surface area contributed by atoms with Crippen molar-refractivity contribution < 1.29 is 23.0 Å². The lowest BCUT2D eigenvalue weighted by atomic mass is 9.93. The zero-order valence-electron chi connectivity index (χ0n) is 16.2. The molecule has 3 aromatic carbocycles. The quantitative estimate of drug-likeness (QED) is 0.480. The van der Waals surface area contributed by atoms with E-state index in [1.165, 1.54) is 12.1 Å². The first-order valence-corrected chi connectivity index (χ1v) is 9.79. The molecule has 0 saturated carbocycles. The van der Waals surface area contributed by atoms with Gasteiger partial charge in [0, 0.05) is 17.0 Å². The third-order valence-electron chi connectivity index (χ3n) is 5.58. The van der Waals surface area contributed by atoms with Gasteiger partial charge in [-0.2, -0.15) is 4.39 Å². The standard InChI is InChI=1S/C25H21F3O2/c1-2-15-3-12-23(30-14-15)20-9-8-18(13-21(20)26)16-4-6-17(7-5-16)19-10-11-22(29)25(28)24(19)27/h2,4-11,13,15,23,29H,1,3,12,14H2. The monoisotopic (exact) mass is 410 g/mol. The smallest absolute Gasteiger partial charge is 0.200 e. The van der Waals surface area contributed by atoms with Crippen molar-refractivity contribution in [3.63, 3.8) is 0 Å². The van der Waals surface area contributed by atoms with Crippen LogP contribution >= 0.6 is 0 Å². The van der Waals surface area contributed by atoms with Gasteiger partial charge in [0.2, 0.25) is 5.82 Å². The first-order valence-electron chi connectivity index (χ1n) is 9.79. The summed E-state index contributed by atoms with van der Waals surface area (Å²) in [6.45, 7) is 4.33. The highest BCUT2D eigenvalue weighted by atomic mass is 19.2. The van der Waals surface area contributed by atoms with Crippen LogP contribution in [0.25, 0.3) is 22.3 Å². The lowest BCUT2D eigenvalue weighted by Crippen LogP contribution is -2.19. The molecule has 0 bridgehead atoms. The largest absolute Gasteiger partial charge is 0.505 e. The summed E-state index contributed by atoms with van der Waals surface area (Å²) in [5.41, 5.74) is 2.48. The number of hydrogen-bond acceptors (Lipinski definition) is 2. The molecule has 1 fully saturated rings. The zero-order chi connectivity index (χ0) is 21.3. The molecule has 1 saturated heterocycles. The van der Waals surface area contributed by atoms with E-state index in [0.29, 0.717) is 29.2 Å². The van der Waals surface area contributed by atoms with Crippen LogP contribution in [-0.4, -0.2) is 11.7 Å². The second-order valence-corrected chi connectivity index (χ2v) is 7.47. The molecule has 154 valence electrons. The summed E-state index contributed by atoms with van der Waals surface area (Å²) in [7, 11) is 0. The van der Waals surface area contributed by atoms with Crippen molar-refractivity contribution in [2.45, 2.75) is 18.9 Å². The summed E-state index contributed by atoms with van der Waals surface area (Å²) < 4.78 is 48.3. The topological polar surface area (TPSA) is 29.5 Å². The fourth-order valence-corrected chi connectivity index (χ4v) is 3.78. The lowest BCUT2D eigenvalue weighted by molar-refractivity contribution is -0.00700. The summed E-state index contributed by atoms with van der Waals surface area (Å²) >= 11 is 0. The Hall–Kier alpha value is -3.05. The minimum absolute atomic E-state index is 0.0469. The van der Waals surface area contributed by atoms with Gasteiger partial charge in [-0.15, -0.1) is 6.58 Å². The van der Waals surface area contributed by atoms with Gasteiger partial charge < -0.3 is 9.84 Å². The van der Waals surface area contributed by atoms with Crippen molar-refractivity contribution in [2.24, 2.45) is 5.92 Å². The van der Waals surface area contributed by atoms with E-state index in [-0.39, 0.29) is 17.5 Å². The number of halogens is 3. The molecule has 0 amide bonds. The maximum atomic E-state index is 14.8. The Labute approximate surface area is 173 Å². The molecule has 1 N–H and O–H groups in total. The molecule has 1 aliphatic rings. The summed E-state index contributed by atoms with van der Waals surface area (Å²) in [5, 5.41) is 9.27. The Morgan fingerprint density at radius 3 is 2.20 bits per heavy atom. The van der Waals surface area contributed by atoms with Crippen molar-refractivity contribution in [3.05, 3.63) is 90.3 Å². The molecule has 1 aliphatic heterocycles. The van der Waals surface area contributed by atoms with E-state index < -0.39 is 17.4 Å². The highest BCUT2D eigenvalue weighted by Gasteiger charge is 2.23. The molecule has 3 aromatic rings. The molecule has 1 heterocycles. The molecular formula is C25H21F3O2. The molecule has 4 rings (SSSR count). The number of ether oxygens (including phenoxy) is 1. The number of aromatic hydroxyl groups is 1. The second-order valence-electron chi connectivity index (χ2n) is 7.47. The number of phenolic OH excluding ortho intramolecular Hbond substituents is 1. The molecule has 30 heavy (non-hydrogen) atoms. The van der Waals surface area contributed by atoms with Gasteiger partial charge in [-0.05, 0) is 47.7 Å². The molecule has 0 radical (unpaired) electrons. The maximum absolute atomic E-state index is 14.8. The van der Waals surface area contributed by atoms with Crippen LogP contribution in [0.2, 0.25) is 0 Å². The van der Waals surface area contributed by atoms with Gasteiger partial charge in [-0.1, -0.05) is 42.5 Å². The predicted octanol–water partition coefficient (Wildman–Crippen LogP) is 6.80. The zero-order valence-corrected chi connectivity index (χ0v) is 16.2. The number of phenols is 1. The minimum Gasteiger partial charge on any atom is -0.505 e. The van der Waals surface area contributed by atoms with Crippen LogP contribution in [0.4, 0.5) is 13.2 Å². The Morgan fingerprint density at radius 2 is 1.57 bits per heavy atom. The van der Waals surface area contributed by atoms with Gasteiger partial charge in [0.1, 0.15) is 5.82 Å². The maximum Gasteiger partial charge on any atom is 0.200 e. The molecule has 2 unspecified atom stereocenters. The number of benzene rings is 3. The van der Waals surface area contributed by atoms with E-state index >= 15 is 0 Å². The van der Waals surface area contributed by atoms with Crippen LogP contribution < -0.4 is 0 Å². The second kappa shape index (κ2) is 8.36.